The Labute approximate surface area is 154 Å². The van der Waals surface area contributed by atoms with Crippen molar-refractivity contribution >= 4 is 24.2 Å². The van der Waals surface area contributed by atoms with E-state index in [0.717, 1.165) is 16.0 Å². The van der Waals surface area contributed by atoms with E-state index < -0.39 is 23.6 Å². The quantitative estimate of drug-likeness (QED) is 0.518. The lowest BCUT2D eigenvalue weighted by molar-refractivity contribution is -2.00. The molecule has 1 rings (SSSR count). The van der Waals surface area contributed by atoms with Gasteiger partial charge in [0.15, 0.2) is 0 Å². The predicted octanol–water partition coefficient (Wildman–Crippen LogP) is -2.22. The van der Waals surface area contributed by atoms with E-state index in [-0.39, 0.29) is 0 Å². The number of halogens is 2. The van der Waals surface area contributed by atoms with Crippen molar-refractivity contribution < 1.29 is 47.4 Å². The number of benzene rings is 1. The van der Waals surface area contributed by atoms with Crippen molar-refractivity contribution in [1.29, 1.82) is 0 Å². The summed E-state index contributed by atoms with van der Waals surface area (Å²) in [7, 11) is -1.65. The number of hydrogen-bond acceptors (Lipinski definition) is 7. The summed E-state index contributed by atoms with van der Waals surface area (Å²) in [5.74, 6) is -0.466. The third-order valence-corrected chi connectivity index (χ3v) is 5.78. The van der Waals surface area contributed by atoms with E-state index in [4.69, 9.17) is 39.3 Å². The third kappa shape index (κ3) is 9.67. The van der Waals surface area contributed by atoms with Gasteiger partial charge in [-0.05, 0) is 12.5 Å². The summed E-state index contributed by atoms with van der Waals surface area (Å²) in [6.45, 7) is 2.01. The van der Waals surface area contributed by atoms with Gasteiger partial charge in [-0.25, -0.2) is 18.6 Å². The van der Waals surface area contributed by atoms with Crippen LogP contribution in [0.4, 0.5) is 0 Å². The highest BCUT2D eigenvalue weighted by Gasteiger charge is 2.38. The fraction of sp³-hybridized carbons (Fsp3) is 0.429. The molecule has 0 aliphatic carbocycles. The maximum atomic E-state index is 12.5. The highest BCUT2D eigenvalue weighted by atomic mass is 35.7. The molecule has 0 aromatic heterocycles. The van der Waals surface area contributed by atoms with E-state index >= 15 is 0 Å². The molecule has 25 heavy (non-hydrogen) atoms. The molecule has 144 valence electrons. The fourth-order valence-electron chi connectivity index (χ4n) is 1.82. The molecule has 0 saturated carbocycles. The zero-order valence-electron chi connectivity index (χ0n) is 14.5. The van der Waals surface area contributed by atoms with E-state index in [0.29, 0.717) is 5.03 Å². The second-order valence-corrected chi connectivity index (χ2v) is 8.72. The van der Waals surface area contributed by atoms with Gasteiger partial charge in [0.05, 0.1) is 19.1 Å². The van der Waals surface area contributed by atoms with Crippen LogP contribution >= 0.6 is 19.2 Å². The zero-order valence-corrected chi connectivity index (χ0v) is 16.9. The van der Waals surface area contributed by atoms with Gasteiger partial charge in [0, 0.05) is 20.3 Å². The van der Waals surface area contributed by atoms with Crippen molar-refractivity contribution in [3.8, 4) is 0 Å². The van der Waals surface area contributed by atoms with E-state index in [1.807, 2.05) is 45.3 Å². The van der Waals surface area contributed by atoms with Crippen molar-refractivity contribution in [2.75, 3.05) is 28.3 Å². The molecule has 1 atom stereocenters. The first-order chi connectivity index (χ1) is 11.3. The summed E-state index contributed by atoms with van der Waals surface area (Å²) in [6, 6.07) is 7.83. The minimum absolute atomic E-state index is 0.466. The summed E-state index contributed by atoms with van der Waals surface area (Å²) in [5.41, 5.74) is 2.04. The van der Waals surface area contributed by atoms with Gasteiger partial charge in [-0.2, -0.15) is 0 Å². The fourth-order valence-corrected chi connectivity index (χ4v) is 3.73. The Balaban J connectivity index is 0.00000101. The van der Waals surface area contributed by atoms with Crippen molar-refractivity contribution in [1.82, 2.24) is 0 Å². The largest absolute Gasteiger partial charge is 0.391 e. The van der Waals surface area contributed by atoms with Crippen LogP contribution in [0.3, 0.4) is 0 Å². The molecule has 0 fully saturated rings. The summed E-state index contributed by atoms with van der Waals surface area (Å²) < 4.78 is 56.7. The molecule has 1 aromatic carbocycles. The molecule has 0 radical (unpaired) electrons. The number of aryl methyl sites for hydroxylation is 1. The van der Waals surface area contributed by atoms with Gasteiger partial charge in [-0.1, -0.05) is 41.4 Å². The SMILES string of the molecule is COP(=O)(OC)C(C=C(Cl)c1ccc(C)cc1)[NH+](C)C.[O-][Cl+3]([O-])([O-])[O-]. The van der Waals surface area contributed by atoms with Gasteiger partial charge >= 0.3 is 7.60 Å². The van der Waals surface area contributed by atoms with E-state index in [1.165, 1.54) is 14.2 Å². The average Bonchev–Trinajstić information content (AvgIpc) is 2.50. The Morgan fingerprint density at radius 1 is 1.16 bits per heavy atom. The smallest absolute Gasteiger partial charge is 0.324 e. The summed E-state index contributed by atoms with van der Waals surface area (Å²) >= 11 is 6.33. The first kappa shape index (κ1) is 24.5. The van der Waals surface area contributed by atoms with E-state index in [1.54, 1.807) is 6.08 Å². The van der Waals surface area contributed by atoms with Crippen LogP contribution in [0.2, 0.25) is 0 Å². The zero-order chi connectivity index (χ0) is 19.8. The lowest BCUT2D eigenvalue weighted by atomic mass is 10.1. The van der Waals surface area contributed by atoms with Crippen LogP contribution in [0.15, 0.2) is 30.3 Å². The standard InChI is InChI=1S/C14H21ClNO3P.ClHO4/c1-11-6-8-12(9-7-11)13(15)10-14(16(2)3)20(17,18-4)19-5;2-1(3,4)5/h6-10,14H,1-5H3;(H,2,3,4,5). The Kier molecular flexibility index (Phi) is 10.4. The molecule has 0 aliphatic rings. The van der Waals surface area contributed by atoms with Crippen molar-refractivity contribution in [2.24, 2.45) is 0 Å². The highest BCUT2D eigenvalue weighted by molar-refractivity contribution is 7.54. The van der Waals surface area contributed by atoms with Crippen LogP contribution in [0.1, 0.15) is 11.1 Å². The van der Waals surface area contributed by atoms with Crippen LogP contribution in [0.25, 0.3) is 5.03 Å². The topological polar surface area (TPSA) is 132 Å². The average molecular weight is 418 g/mol. The Morgan fingerprint density at radius 2 is 1.56 bits per heavy atom. The molecule has 0 heterocycles. The minimum atomic E-state index is -4.94. The van der Waals surface area contributed by atoms with Crippen molar-refractivity contribution in [2.45, 2.75) is 12.7 Å². The van der Waals surface area contributed by atoms with Gasteiger partial charge in [0.25, 0.3) is 0 Å². The first-order valence-corrected chi connectivity index (χ1v) is 10.1. The summed E-state index contributed by atoms with van der Waals surface area (Å²) in [6.07, 6.45) is 1.73. The molecule has 0 bridgehead atoms. The molecule has 0 spiro atoms. The predicted molar refractivity (Wildman–Crippen MR) is 83.2 cm³/mol. The van der Waals surface area contributed by atoms with Crippen LogP contribution in [-0.2, 0) is 13.6 Å². The third-order valence-electron chi connectivity index (χ3n) is 3.07. The molecule has 0 saturated heterocycles. The number of rotatable bonds is 6. The van der Waals surface area contributed by atoms with Gasteiger partial charge < -0.3 is 13.9 Å². The maximum Gasteiger partial charge on any atom is 0.391 e. The van der Waals surface area contributed by atoms with Crippen LogP contribution in [0.5, 0.6) is 0 Å². The van der Waals surface area contributed by atoms with Crippen LogP contribution in [-0.4, -0.2) is 34.1 Å². The highest BCUT2D eigenvalue weighted by Crippen LogP contribution is 2.50. The molecular weight excluding hydrogens is 396 g/mol. The van der Waals surface area contributed by atoms with Crippen molar-refractivity contribution in [3.05, 3.63) is 41.5 Å². The van der Waals surface area contributed by atoms with Crippen LogP contribution in [0, 0.1) is 17.2 Å². The summed E-state index contributed by atoms with van der Waals surface area (Å²) in [5, 5.41) is 0.533. The van der Waals surface area contributed by atoms with E-state index in [2.05, 4.69) is 0 Å². The second kappa shape index (κ2) is 10.6. The van der Waals surface area contributed by atoms with Crippen molar-refractivity contribution in [3.63, 3.8) is 0 Å². The second-order valence-electron chi connectivity index (χ2n) is 5.19. The Hall–Kier alpha value is -0.510. The Bertz CT molecular complexity index is 588. The van der Waals surface area contributed by atoms with Gasteiger partial charge in [0.2, 0.25) is 5.78 Å². The molecule has 11 heteroatoms. The van der Waals surface area contributed by atoms with Crippen LogP contribution < -0.4 is 23.5 Å². The molecule has 0 aliphatic heterocycles. The lowest BCUT2D eigenvalue weighted by Crippen LogP contribution is -3.09. The minimum Gasteiger partial charge on any atom is -0.324 e. The number of likely N-dealkylation sites (N-methyl/N-ethyl adjacent to an activating group) is 1. The molecule has 8 nitrogen and oxygen atoms in total. The normalized spacial score (nSPS) is 14.1. The maximum absolute atomic E-state index is 12.5. The molecular formula is C14H22Cl2NO7P. The molecule has 1 unspecified atom stereocenters. The first-order valence-electron chi connectivity index (χ1n) is 6.91. The number of nitrogens with one attached hydrogen (secondary N) is 1. The lowest BCUT2D eigenvalue weighted by Gasteiger charge is -2.24. The molecule has 0 amide bonds. The monoisotopic (exact) mass is 417 g/mol. The summed E-state index contributed by atoms with van der Waals surface area (Å²) in [4.78, 5) is 0.919. The van der Waals surface area contributed by atoms with Gasteiger partial charge in [-0.15, -0.1) is 10.2 Å². The number of hydrogen-bond donors (Lipinski definition) is 1. The van der Waals surface area contributed by atoms with Gasteiger partial charge in [-0.3, -0.25) is 4.57 Å². The number of quaternary nitrogens is 1. The Morgan fingerprint density at radius 3 is 1.88 bits per heavy atom. The van der Waals surface area contributed by atoms with E-state index in [9.17, 15) is 4.57 Å². The van der Waals surface area contributed by atoms with Gasteiger partial charge in [0.1, 0.15) is 0 Å². The molecule has 1 aromatic rings. The molecule has 1 N–H and O–H groups in total.